The Morgan fingerprint density at radius 3 is 2.53 bits per heavy atom. The molecule has 106 valence electrons. The highest BCUT2D eigenvalue weighted by atomic mass is 16.5. The van der Waals surface area contributed by atoms with Gasteiger partial charge < -0.3 is 20.5 Å². The van der Waals surface area contributed by atoms with Crippen LogP contribution in [0.5, 0.6) is 0 Å². The zero-order valence-corrected chi connectivity index (χ0v) is 11.3. The number of nitrogens with zero attached hydrogens (tertiary/aromatic N) is 2. The van der Waals surface area contributed by atoms with E-state index in [1.807, 2.05) is 18.2 Å². The molecule has 0 atom stereocenters. The molecule has 0 aromatic heterocycles. The van der Waals surface area contributed by atoms with Crippen molar-refractivity contribution in [2.24, 2.45) is 0 Å². The lowest BCUT2D eigenvalue weighted by Crippen LogP contribution is -2.47. The average molecular weight is 265 g/mol. The minimum absolute atomic E-state index is 0.0983. The second-order valence-corrected chi connectivity index (χ2v) is 4.72. The fourth-order valence-electron chi connectivity index (χ4n) is 2.35. The van der Waals surface area contributed by atoms with Gasteiger partial charge in [-0.15, -0.1) is 0 Å². The van der Waals surface area contributed by atoms with E-state index in [0.717, 1.165) is 44.1 Å². The molecule has 0 amide bonds. The van der Waals surface area contributed by atoms with Crippen molar-refractivity contribution >= 4 is 11.4 Å². The van der Waals surface area contributed by atoms with Gasteiger partial charge in [0.15, 0.2) is 0 Å². The van der Waals surface area contributed by atoms with E-state index < -0.39 is 0 Å². The van der Waals surface area contributed by atoms with Crippen molar-refractivity contribution in [1.82, 2.24) is 4.90 Å². The third kappa shape index (κ3) is 4.09. The number of hydrogen-bond acceptors (Lipinski definition) is 5. The third-order valence-electron chi connectivity index (χ3n) is 3.44. The first kappa shape index (κ1) is 14.1. The molecule has 1 aliphatic rings. The van der Waals surface area contributed by atoms with Gasteiger partial charge in [-0.25, -0.2) is 0 Å². The van der Waals surface area contributed by atoms with Crippen LogP contribution in [0.1, 0.15) is 0 Å². The van der Waals surface area contributed by atoms with E-state index in [2.05, 4.69) is 15.9 Å². The number of para-hydroxylation sites is 2. The number of piperazine rings is 1. The number of anilines is 2. The fourth-order valence-corrected chi connectivity index (χ4v) is 2.35. The molecule has 19 heavy (non-hydrogen) atoms. The summed E-state index contributed by atoms with van der Waals surface area (Å²) >= 11 is 0. The largest absolute Gasteiger partial charge is 0.397 e. The zero-order chi connectivity index (χ0) is 13.5. The fraction of sp³-hybridized carbons (Fsp3) is 0.571. The van der Waals surface area contributed by atoms with Crippen molar-refractivity contribution < 1.29 is 9.84 Å². The highest BCUT2D eigenvalue weighted by Gasteiger charge is 2.17. The Labute approximate surface area is 114 Å². The summed E-state index contributed by atoms with van der Waals surface area (Å²) in [6.45, 7) is 6.18. The molecule has 5 heteroatoms. The molecule has 1 aromatic carbocycles. The Bertz CT molecular complexity index is 379. The molecule has 1 fully saturated rings. The number of nitrogen functional groups attached to an aromatic ring is 1. The van der Waals surface area contributed by atoms with Crippen molar-refractivity contribution in [1.29, 1.82) is 0 Å². The summed E-state index contributed by atoms with van der Waals surface area (Å²) in [5, 5.41) is 8.63. The predicted molar refractivity (Wildman–Crippen MR) is 77.4 cm³/mol. The Hall–Kier alpha value is -1.30. The van der Waals surface area contributed by atoms with Crippen molar-refractivity contribution in [2.75, 3.05) is 63.2 Å². The van der Waals surface area contributed by atoms with E-state index in [4.69, 9.17) is 15.6 Å². The number of nitrogens with two attached hydrogens (primary N) is 1. The summed E-state index contributed by atoms with van der Waals surface area (Å²) in [5.74, 6) is 0. The van der Waals surface area contributed by atoms with E-state index in [9.17, 15) is 0 Å². The zero-order valence-electron chi connectivity index (χ0n) is 11.3. The molecule has 3 N–H and O–H groups in total. The smallest absolute Gasteiger partial charge is 0.0698 e. The molecular formula is C14H23N3O2. The maximum Gasteiger partial charge on any atom is 0.0698 e. The summed E-state index contributed by atoms with van der Waals surface area (Å²) in [4.78, 5) is 4.72. The summed E-state index contributed by atoms with van der Waals surface area (Å²) in [5.41, 5.74) is 7.99. The maximum absolute atomic E-state index is 8.63. The molecule has 0 bridgehead atoms. The van der Waals surface area contributed by atoms with Gasteiger partial charge in [0, 0.05) is 32.7 Å². The topological polar surface area (TPSA) is 62.0 Å². The quantitative estimate of drug-likeness (QED) is 0.576. The molecule has 1 aromatic rings. The second-order valence-electron chi connectivity index (χ2n) is 4.72. The lowest BCUT2D eigenvalue weighted by molar-refractivity contribution is 0.0724. The van der Waals surface area contributed by atoms with Crippen LogP contribution in [0.25, 0.3) is 0 Å². The van der Waals surface area contributed by atoms with Crippen LogP contribution in [0.3, 0.4) is 0 Å². The highest BCUT2D eigenvalue weighted by molar-refractivity contribution is 5.67. The molecule has 0 saturated carbocycles. The summed E-state index contributed by atoms with van der Waals surface area (Å²) < 4.78 is 5.29. The Morgan fingerprint density at radius 1 is 1.11 bits per heavy atom. The number of aliphatic hydroxyl groups is 1. The van der Waals surface area contributed by atoms with Crippen molar-refractivity contribution in [2.45, 2.75) is 0 Å². The van der Waals surface area contributed by atoms with Crippen LogP contribution in [0.2, 0.25) is 0 Å². The molecule has 1 aliphatic heterocycles. The van der Waals surface area contributed by atoms with E-state index in [0.29, 0.717) is 13.2 Å². The number of ether oxygens (including phenoxy) is 1. The van der Waals surface area contributed by atoms with Crippen LogP contribution in [0.15, 0.2) is 24.3 Å². The second kappa shape index (κ2) is 7.33. The van der Waals surface area contributed by atoms with Crippen molar-refractivity contribution in [3.8, 4) is 0 Å². The normalized spacial score (nSPS) is 16.8. The van der Waals surface area contributed by atoms with Gasteiger partial charge >= 0.3 is 0 Å². The van der Waals surface area contributed by atoms with Gasteiger partial charge in [0.05, 0.1) is 31.2 Å². The van der Waals surface area contributed by atoms with Gasteiger partial charge in [-0.05, 0) is 12.1 Å². The lowest BCUT2D eigenvalue weighted by Gasteiger charge is -2.36. The van der Waals surface area contributed by atoms with Gasteiger partial charge in [-0.1, -0.05) is 12.1 Å². The first-order chi connectivity index (χ1) is 9.31. The average Bonchev–Trinajstić information content (AvgIpc) is 2.45. The summed E-state index contributed by atoms with van der Waals surface area (Å²) in [6.07, 6.45) is 0. The van der Waals surface area contributed by atoms with Gasteiger partial charge in [-0.2, -0.15) is 0 Å². The maximum atomic E-state index is 8.63. The van der Waals surface area contributed by atoms with E-state index >= 15 is 0 Å². The van der Waals surface area contributed by atoms with E-state index in [-0.39, 0.29) is 6.61 Å². The van der Waals surface area contributed by atoms with Crippen LogP contribution >= 0.6 is 0 Å². The molecule has 5 nitrogen and oxygen atoms in total. The molecule has 2 rings (SSSR count). The first-order valence-electron chi connectivity index (χ1n) is 6.81. The number of aliphatic hydroxyl groups excluding tert-OH is 1. The van der Waals surface area contributed by atoms with E-state index in [1.54, 1.807) is 0 Å². The molecule has 0 radical (unpaired) electrons. The Balaban J connectivity index is 1.75. The monoisotopic (exact) mass is 265 g/mol. The number of benzene rings is 1. The van der Waals surface area contributed by atoms with Crippen LogP contribution < -0.4 is 10.6 Å². The van der Waals surface area contributed by atoms with Gasteiger partial charge in [0.2, 0.25) is 0 Å². The Kier molecular flexibility index (Phi) is 5.44. The lowest BCUT2D eigenvalue weighted by atomic mass is 10.2. The predicted octanol–water partition coefficient (Wildman–Crippen LogP) is 0.400. The molecule has 0 spiro atoms. The molecular weight excluding hydrogens is 242 g/mol. The van der Waals surface area contributed by atoms with Crippen LogP contribution in [-0.4, -0.2) is 62.6 Å². The highest BCUT2D eigenvalue weighted by Crippen LogP contribution is 2.23. The van der Waals surface area contributed by atoms with Gasteiger partial charge in [0.25, 0.3) is 0 Å². The molecule has 0 unspecified atom stereocenters. The minimum atomic E-state index is 0.0983. The summed E-state index contributed by atoms with van der Waals surface area (Å²) in [7, 11) is 0. The standard InChI is InChI=1S/C14H23N3O2/c15-13-3-1-2-4-14(13)17-7-5-16(6-8-17)9-11-19-12-10-18/h1-4,18H,5-12,15H2. The third-order valence-corrected chi connectivity index (χ3v) is 3.44. The van der Waals surface area contributed by atoms with Gasteiger partial charge in [-0.3, -0.25) is 4.90 Å². The van der Waals surface area contributed by atoms with Crippen molar-refractivity contribution in [3.05, 3.63) is 24.3 Å². The van der Waals surface area contributed by atoms with Crippen LogP contribution in [-0.2, 0) is 4.74 Å². The number of rotatable bonds is 6. The van der Waals surface area contributed by atoms with Crippen LogP contribution in [0.4, 0.5) is 11.4 Å². The van der Waals surface area contributed by atoms with E-state index in [1.165, 1.54) is 0 Å². The number of hydrogen-bond donors (Lipinski definition) is 2. The molecule has 1 saturated heterocycles. The minimum Gasteiger partial charge on any atom is -0.397 e. The molecule has 0 aliphatic carbocycles. The molecule has 1 heterocycles. The Morgan fingerprint density at radius 2 is 1.84 bits per heavy atom. The van der Waals surface area contributed by atoms with Gasteiger partial charge in [0.1, 0.15) is 0 Å². The van der Waals surface area contributed by atoms with Crippen LogP contribution in [0, 0.1) is 0 Å². The summed E-state index contributed by atoms with van der Waals surface area (Å²) in [6, 6.07) is 8.02. The SMILES string of the molecule is Nc1ccccc1N1CCN(CCOCCO)CC1. The van der Waals surface area contributed by atoms with Crippen molar-refractivity contribution in [3.63, 3.8) is 0 Å². The first-order valence-corrected chi connectivity index (χ1v) is 6.81.